The molecular formula is C52H96O6. The largest absolute Gasteiger partial charge is 0.481 e. The van der Waals surface area contributed by atoms with E-state index in [-0.39, 0.29) is 0 Å². The van der Waals surface area contributed by atoms with E-state index in [4.69, 9.17) is 15.3 Å². The Bertz CT molecular complexity index is 894. The number of carboxylic acid groups (broad SMARTS) is 3. The van der Waals surface area contributed by atoms with Crippen LogP contribution in [-0.4, -0.2) is 33.2 Å². The lowest BCUT2D eigenvalue weighted by Crippen LogP contribution is -1.93. The highest BCUT2D eigenvalue weighted by atomic mass is 16.4. The number of allylic oxidation sites excluding steroid dienone is 8. The topological polar surface area (TPSA) is 112 Å². The molecule has 0 spiro atoms. The molecule has 6 nitrogen and oxygen atoms in total. The minimum absolute atomic E-state index is 0.324. The molecule has 340 valence electrons. The summed E-state index contributed by atoms with van der Waals surface area (Å²) in [5, 5.41) is 25.5. The molecule has 0 aromatic rings. The first kappa shape index (κ1) is 59.7. The van der Waals surface area contributed by atoms with Crippen LogP contribution in [0.1, 0.15) is 265 Å². The van der Waals surface area contributed by atoms with Crippen molar-refractivity contribution >= 4 is 17.9 Å². The van der Waals surface area contributed by atoms with Gasteiger partial charge < -0.3 is 15.3 Å². The maximum absolute atomic E-state index is 10.3. The summed E-state index contributed by atoms with van der Waals surface area (Å²) >= 11 is 0. The van der Waals surface area contributed by atoms with E-state index in [0.717, 1.165) is 64.2 Å². The molecule has 0 heterocycles. The molecule has 6 heteroatoms. The van der Waals surface area contributed by atoms with E-state index >= 15 is 0 Å². The fraction of sp³-hybridized carbons (Fsp3) is 0.788. The molecule has 0 aromatic heterocycles. The summed E-state index contributed by atoms with van der Waals surface area (Å²) in [5.41, 5.74) is 0. The standard InChI is InChI=1S/2C18H32O2.C16H32O2/c2*1-2-3-4-5-6-7-8-9-10-11-12-13-14-15-16-17-18(19)20;1-2-3-4-5-6-7-8-9-10-11-12-13-14-15-16(17)18/h2*6-7,9-10H,2-5,8,11-17H2,1H3,(H,19,20);2-15H2,1H3,(H,17,18)/b2*7-6-,10-9-;. The van der Waals surface area contributed by atoms with Crippen molar-refractivity contribution in [3.05, 3.63) is 48.6 Å². The summed E-state index contributed by atoms with van der Waals surface area (Å²) in [6, 6.07) is 0. The van der Waals surface area contributed by atoms with Crippen molar-refractivity contribution < 1.29 is 29.7 Å². The molecule has 58 heavy (non-hydrogen) atoms. The molecule has 0 atom stereocenters. The maximum atomic E-state index is 10.3. The maximum Gasteiger partial charge on any atom is 0.303 e. The number of unbranched alkanes of at least 4 members (excludes halogenated alkanes) is 28. The van der Waals surface area contributed by atoms with E-state index in [1.165, 1.54) is 161 Å². The lowest BCUT2D eigenvalue weighted by Gasteiger charge is -2.02. The average molecular weight is 817 g/mol. The number of rotatable bonds is 42. The third kappa shape index (κ3) is 68.1. The second-order valence-corrected chi connectivity index (χ2v) is 16.1. The number of hydrogen-bond acceptors (Lipinski definition) is 3. The third-order valence-electron chi connectivity index (χ3n) is 10.2. The van der Waals surface area contributed by atoms with Crippen molar-refractivity contribution in [3.8, 4) is 0 Å². The smallest absolute Gasteiger partial charge is 0.303 e. The Labute approximate surface area is 359 Å². The Hall–Kier alpha value is -2.63. The van der Waals surface area contributed by atoms with Gasteiger partial charge in [-0.15, -0.1) is 0 Å². The van der Waals surface area contributed by atoms with Gasteiger partial charge in [0.05, 0.1) is 0 Å². The zero-order valence-corrected chi connectivity index (χ0v) is 38.6. The van der Waals surface area contributed by atoms with Crippen LogP contribution in [0.25, 0.3) is 0 Å². The highest BCUT2D eigenvalue weighted by Crippen LogP contribution is 2.13. The van der Waals surface area contributed by atoms with Crippen molar-refractivity contribution in [2.75, 3.05) is 0 Å². The average Bonchev–Trinajstić information content (AvgIpc) is 3.20. The monoisotopic (exact) mass is 817 g/mol. The Morgan fingerprint density at radius 1 is 0.276 bits per heavy atom. The lowest BCUT2D eigenvalue weighted by atomic mass is 10.0. The van der Waals surface area contributed by atoms with Crippen LogP contribution in [0.5, 0.6) is 0 Å². The fourth-order valence-electron chi connectivity index (χ4n) is 6.47. The van der Waals surface area contributed by atoms with E-state index in [1.807, 2.05) is 0 Å². The first-order valence-corrected chi connectivity index (χ1v) is 24.6. The summed E-state index contributed by atoms with van der Waals surface area (Å²) in [6.45, 7) is 6.73. The van der Waals surface area contributed by atoms with Gasteiger partial charge >= 0.3 is 17.9 Å². The summed E-state index contributed by atoms with van der Waals surface area (Å²) in [4.78, 5) is 30.9. The summed E-state index contributed by atoms with van der Waals surface area (Å²) in [5.74, 6) is -2.00. The third-order valence-corrected chi connectivity index (χ3v) is 10.2. The van der Waals surface area contributed by atoms with Gasteiger partial charge in [0, 0.05) is 19.3 Å². The SMILES string of the molecule is CCCCC/C=C\C/C=C\CCCCCCCC(=O)O.CCCCC/C=C\C/C=C\CCCCCCCC(=O)O.CCCCCCCCCCCCCCCC(=O)O. The Kier molecular flexibility index (Phi) is 58.1. The molecule has 0 aliphatic rings. The second kappa shape index (κ2) is 56.5. The molecule has 0 saturated carbocycles. The first-order valence-electron chi connectivity index (χ1n) is 24.6. The molecular weight excluding hydrogens is 721 g/mol. The summed E-state index contributed by atoms with van der Waals surface area (Å²) in [7, 11) is 0. The van der Waals surface area contributed by atoms with E-state index in [9.17, 15) is 14.4 Å². The van der Waals surface area contributed by atoms with Crippen LogP contribution in [0.15, 0.2) is 48.6 Å². The Morgan fingerprint density at radius 3 is 0.707 bits per heavy atom. The molecule has 3 N–H and O–H groups in total. The quantitative estimate of drug-likeness (QED) is 0.0418. The normalized spacial score (nSPS) is 11.4. The van der Waals surface area contributed by atoms with Crippen LogP contribution in [0.3, 0.4) is 0 Å². The van der Waals surface area contributed by atoms with Crippen molar-refractivity contribution in [1.82, 2.24) is 0 Å². The first-order chi connectivity index (χ1) is 28.3. The molecule has 0 unspecified atom stereocenters. The van der Waals surface area contributed by atoms with Gasteiger partial charge in [-0.1, -0.05) is 211 Å². The van der Waals surface area contributed by atoms with E-state index in [0.29, 0.717) is 19.3 Å². The summed E-state index contributed by atoms with van der Waals surface area (Å²) < 4.78 is 0. The molecule has 0 amide bonds. The highest BCUT2D eigenvalue weighted by Gasteiger charge is 1.98. The van der Waals surface area contributed by atoms with Crippen LogP contribution < -0.4 is 0 Å². The minimum Gasteiger partial charge on any atom is -0.481 e. The van der Waals surface area contributed by atoms with Gasteiger partial charge in [0.25, 0.3) is 0 Å². The van der Waals surface area contributed by atoms with Gasteiger partial charge in [0.1, 0.15) is 0 Å². The van der Waals surface area contributed by atoms with Gasteiger partial charge in [-0.25, -0.2) is 0 Å². The number of aliphatic carboxylic acids is 3. The molecule has 0 radical (unpaired) electrons. The number of carboxylic acids is 3. The summed E-state index contributed by atoms with van der Waals surface area (Å²) in [6.07, 6.45) is 61.8. The van der Waals surface area contributed by atoms with Crippen LogP contribution in [0.4, 0.5) is 0 Å². The van der Waals surface area contributed by atoms with Gasteiger partial charge in [0.15, 0.2) is 0 Å². The van der Waals surface area contributed by atoms with Crippen LogP contribution >= 0.6 is 0 Å². The lowest BCUT2D eigenvalue weighted by molar-refractivity contribution is -0.138. The minimum atomic E-state index is -0.671. The fourth-order valence-corrected chi connectivity index (χ4v) is 6.47. The number of hydrogen-bond donors (Lipinski definition) is 3. The molecule has 0 aliphatic carbocycles. The predicted octanol–water partition coefficient (Wildman–Crippen LogP) is 17.3. The van der Waals surface area contributed by atoms with Gasteiger partial charge in [-0.2, -0.15) is 0 Å². The van der Waals surface area contributed by atoms with Crippen molar-refractivity contribution in [1.29, 1.82) is 0 Å². The van der Waals surface area contributed by atoms with Gasteiger partial charge in [-0.3, -0.25) is 14.4 Å². The molecule has 0 rings (SSSR count). The van der Waals surface area contributed by atoms with Gasteiger partial charge in [-0.05, 0) is 83.5 Å². The van der Waals surface area contributed by atoms with Crippen molar-refractivity contribution in [2.45, 2.75) is 265 Å². The van der Waals surface area contributed by atoms with Gasteiger partial charge in [0.2, 0.25) is 0 Å². The predicted molar refractivity (Wildman–Crippen MR) is 252 cm³/mol. The number of carbonyl (C=O) groups is 3. The molecule has 0 bridgehead atoms. The van der Waals surface area contributed by atoms with Crippen LogP contribution in [-0.2, 0) is 14.4 Å². The zero-order valence-electron chi connectivity index (χ0n) is 38.6. The Balaban J connectivity index is -0.000000784. The Morgan fingerprint density at radius 2 is 0.466 bits per heavy atom. The molecule has 0 fully saturated rings. The van der Waals surface area contributed by atoms with E-state index in [1.54, 1.807) is 0 Å². The second-order valence-electron chi connectivity index (χ2n) is 16.1. The highest BCUT2D eigenvalue weighted by molar-refractivity contribution is 5.67. The molecule has 0 saturated heterocycles. The van der Waals surface area contributed by atoms with Crippen molar-refractivity contribution in [2.24, 2.45) is 0 Å². The molecule has 0 aromatic carbocycles. The molecule has 0 aliphatic heterocycles. The van der Waals surface area contributed by atoms with E-state index in [2.05, 4.69) is 69.4 Å². The van der Waals surface area contributed by atoms with Crippen LogP contribution in [0, 0.1) is 0 Å². The zero-order chi connectivity index (χ0) is 43.3. The van der Waals surface area contributed by atoms with Crippen LogP contribution in [0.2, 0.25) is 0 Å². The van der Waals surface area contributed by atoms with E-state index < -0.39 is 17.9 Å². The van der Waals surface area contributed by atoms with Crippen molar-refractivity contribution in [3.63, 3.8) is 0 Å².